The topological polar surface area (TPSA) is 58.9 Å². The number of aromatic nitrogens is 4. The Kier molecular flexibility index (Phi) is 4.64. The van der Waals surface area contributed by atoms with Gasteiger partial charge in [0.1, 0.15) is 5.82 Å². The molecule has 126 valence electrons. The zero-order chi connectivity index (χ0) is 17.1. The predicted molar refractivity (Wildman–Crippen MR) is 98.4 cm³/mol. The van der Waals surface area contributed by atoms with E-state index < -0.39 is 0 Å². The van der Waals surface area contributed by atoms with E-state index in [1.54, 1.807) is 4.68 Å². The van der Waals surface area contributed by atoms with Gasteiger partial charge in [-0.05, 0) is 31.9 Å². The highest BCUT2D eigenvalue weighted by Crippen LogP contribution is 2.24. The quantitative estimate of drug-likeness (QED) is 0.755. The first-order valence-electron chi connectivity index (χ1n) is 8.37. The molecule has 0 unspecified atom stereocenters. The molecule has 6 heteroatoms. The first kappa shape index (κ1) is 16.2. The minimum atomic E-state index is 0.728. The molecule has 0 saturated heterocycles. The van der Waals surface area contributed by atoms with Crippen molar-refractivity contribution in [2.75, 3.05) is 23.3 Å². The van der Waals surface area contributed by atoms with Crippen molar-refractivity contribution in [1.82, 2.24) is 19.7 Å². The van der Waals surface area contributed by atoms with Gasteiger partial charge >= 0.3 is 0 Å². The molecule has 0 bridgehead atoms. The molecule has 3 rings (SSSR count). The number of benzene rings is 1. The van der Waals surface area contributed by atoms with Gasteiger partial charge in [0.2, 0.25) is 5.95 Å². The van der Waals surface area contributed by atoms with Gasteiger partial charge in [-0.25, -0.2) is 0 Å². The fourth-order valence-electron chi connectivity index (χ4n) is 2.78. The largest absolute Gasteiger partial charge is 0.365 e. The lowest BCUT2D eigenvalue weighted by molar-refractivity contribution is 0.776. The van der Waals surface area contributed by atoms with Gasteiger partial charge in [-0.2, -0.15) is 15.1 Å². The van der Waals surface area contributed by atoms with E-state index >= 15 is 0 Å². The molecule has 24 heavy (non-hydrogen) atoms. The molecule has 0 radical (unpaired) electrons. The Morgan fingerprint density at radius 1 is 1.12 bits per heavy atom. The summed E-state index contributed by atoms with van der Waals surface area (Å²) in [6.07, 6.45) is 1.82. The zero-order valence-electron chi connectivity index (χ0n) is 14.7. The Bertz CT molecular complexity index is 835. The standard InChI is InChI=1S/C18H24N6/c1-5-24(6-2)18-21-16(15-12-20-23(4)17(15)22-18)19-11-14-10-8-7-9-13(14)3/h7-10,12H,5-6,11H2,1-4H3,(H,19,21,22). The molecule has 3 aromatic rings. The molecule has 0 atom stereocenters. The SMILES string of the molecule is CCN(CC)c1nc(NCc2ccccc2C)c2cnn(C)c2n1. The molecule has 6 nitrogen and oxygen atoms in total. The van der Waals surface area contributed by atoms with Crippen LogP contribution in [0.15, 0.2) is 30.5 Å². The first-order chi connectivity index (χ1) is 11.6. The molecular formula is C18H24N6. The maximum absolute atomic E-state index is 4.75. The van der Waals surface area contributed by atoms with Gasteiger partial charge in [0, 0.05) is 26.7 Å². The number of hydrogen-bond acceptors (Lipinski definition) is 5. The first-order valence-corrected chi connectivity index (χ1v) is 8.37. The summed E-state index contributed by atoms with van der Waals surface area (Å²) in [5.41, 5.74) is 3.38. The summed E-state index contributed by atoms with van der Waals surface area (Å²) in [5, 5.41) is 8.75. The average Bonchev–Trinajstić information content (AvgIpc) is 2.97. The van der Waals surface area contributed by atoms with Crippen LogP contribution in [0.3, 0.4) is 0 Å². The van der Waals surface area contributed by atoms with E-state index in [0.29, 0.717) is 0 Å². The highest BCUT2D eigenvalue weighted by atomic mass is 15.3. The van der Waals surface area contributed by atoms with E-state index in [-0.39, 0.29) is 0 Å². The minimum absolute atomic E-state index is 0.728. The van der Waals surface area contributed by atoms with Crippen LogP contribution in [0.25, 0.3) is 11.0 Å². The van der Waals surface area contributed by atoms with Crippen LogP contribution in [-0.4, -0.2) is 32.8 Å². The maximum atomic E-state index is 4.75. The van der Waals surface area contributed by atoms with Crippen molar-refractivity contribution in [3.8, 4) is 0 Å². The van der Waals surface area contributed by atoms with Crippen LogP contribution in [0.5, 0.6) is 0 Å². The predicted octanol–water partition coefficient (Wildman–Crippen LogP) is 3.13. The number of nitrogens with zero attached hydrogens (tertiary/aromatic N) is 5. The van der Waals surface area contributed by atoms with Crippen molar-refractivity contribution in [3.05, 3.63) is 41.6 Å². The van der Waals surface area contributed by atoms with Crippen molar-refractivity contribution in [1.29, 1.82) is 0 Å². The highest BCUT2D eigenvalue weighted by Gasteiger charge is 2.14. The van der Waals surface area contributed by atoms with Gasteiger partial charge in [0.05, 0.1) is 11.6 Å². The van der Waals surface area contributed by atoms with Crippen molar-refractivity contribution in [2.24, 2.45) is 7.05 Å². The normalized spacial score (nSPS) is 11.0. The monoisotopic (exact) mass is 324 g/mol. The van der Waals surface area contributed by atoms with Crippen LogP contribution in [0, 0.1) is 6.92 Å². The smallest absolute Gasteiger partial charge is 0.229 e. The lowest BCUT2D eigenvalue weighted by Crippen LogP contribution is -2.24. The Hall–Kier alpha value is -2.63. The molecule has 0 amide bonds. The number of hydrogen-bond donors (Lipinski definition) is 1. The van der Waals surface area contributed by atoms with Crippen molar-refractivity contribution in [2.45, 2.75) is 27.3 Å². The van der Waals surface area contributed by atoms with Gasteiger partial charge in [-0.1, -0.05) is 24.3 Å². The maximum Gasteiger partial charge on any atom is 0.229 e. The molecular weight excluding hydrogens is 300 g/mol. The minimum Gasteiger partial charge on any atom is -0.365 e. The van der Waals surface area contributed by atoms with E-state index in [1.165, 1.54) is 11.1 Å². The summed E-state index contributed by atoms with van der Waals surface area (Å²) in [7, 11) is 1.91. The van der Waals surface area contributed by atoms with Crippen molar-refractivity contribution in [3.63, 3.8) is 0 Å². The summed E-state index contributed by atoms with van der Waals surface area (Å²) < 4.78 is 1.79. The molecule has 2 aromatic heterocycles. The summed E-state index contributed by atoms with van der Waals surface area (Å²) >= 11 is 0. The van der Waals surface area contributed by atoms with Crippen molar-refractivity contribution < 1.29 is 0 Å². The fraction of sp³-hybridized carbons (Fsp3) is 0.389. The third-order valence-electron chi connectivity index (χ3n) is 4.33. The Morgan fingerprint density at radius 2 is 1.88 bits per heavy atom. The highest BCUT2D eigenvalue weighted by molar-refractivity contribution is 5.87. The fourth-order valence-corrected chi connectivity index (χ4v) is 2.78. The number of aryl methyl sites for hydroxylation is 2. The Balaban J connectivity index is 1.98. The van der Waals surface area contributed by atoms with Gasteiger partial charge < -0.3 is 10.2 Å². The molecule has 1 aromatic carbocycles. The van der Waals surface area contributed by atoms with Crippen LogP contribution in [-0.2, 0) is 13.6 Å². The lowest BCUT2D eigenvalue weighted by atomic mass is 10.1. The lowest BCUT2D eigenvalue weighted by Gasteiger charge is -2.19. The third-order valence-corrected chi connectivity index (χ3v) is 4.33. The second kappa shape index (κ2) is 6.86. The molecule has 2 heterocycles. The van der Waals surface area contributed by atoms with E-state index in [0.717, 1.165) is 42.4 Å². The van der Waals surface area contributed by atoms with Crippen LogP contribution in [0.4, 0.5) is 11.8 Å². The average molecular weight is 324 g/mol. The van der Waals surface area contributed by atoms with Crippen LogP contribution in [0.1, 0.15) is 25.0 Å². The van der Waals surface area contributed by atoms with Gasteiger partial charge in [-0.3, -0.25) is 4.68 Å². The molecule has 0 aliphatic rings. The van der Waals surface area contributed by atoms with E-state index in [9.17, 15) is 0 Å². The molecule has 0 aliphatic heterocycles. The number of rotatable bonds is 6. The second-order valence-electron chi connectivity index (χ2n) is 5.83. The third kappa shape index (κ3) is 3.04. The van der Waals surface area contributed by atoms with Crippen LogP contribution < -0.4 is 10.2 Å². The second-order valence-corrected chi connectivity index (χ2v) is 5.83. The van der Waals surface area contributed by atoms with Crippen molar-refractivity contribution >= 4 is 22.8 Å². The zero-order valence-corrected chi connectivity index (χ0v) is 14.7. The summed E-state index contributed by atoms with van der Waals surface area (Å²) in [5.74, 6) is 1.57. The molecule has 0 fully saturated rings. The van der Waals surface area contributed by atoms with Gasteiger partial charge in [0.15, 0.2) is 5.65 Å². The van der Waals surface area contributed by atoms with Crippen LogP contribution in [0.2, 0.25) is 0 Å². The number of fused-ring (bicyclic) bond motifs is 1. The Morgan fingerprint density at radius 3 is 2.58 bits per heavy atom. The molecule has 0 saturated carbocycles. The number of anilines is 2. The van der Waals surface area contributed by atoms with E-state index in [2.05, 4.69) is 65.3 Å². The molecule has 1 N–H and O–H groups in total. The Labute approximate surface area is 142 Å². The molecule has 0 spiro atoms. The summed E-state index contributed by atoms with van der Waals surface area (Å²) in [6, 6.07) is 8.37. The van der Waals surface area contributed by atoms with Gasteiger partial charge in [0.25, 0.3) is 0 Å². The number of nitrogens with one attached hydrogen (secondary N) is 1. The summed E-state index contributed by atoms with van der Waals surface area (Å²) in [4.78, 5) is 11.6. The summed E-state index contributed by atoms with van der Waals surface area (Å²) in [6.45, 7) is 8.82. The van der Waals surface area contributed by atoms with Gasteiger partial charge in [-0.15, -0.1) is 0 Å². The van der Waals surface area contributed by atoms with Crippen LogP contribution >= 0.6 is 0 Å². The molecule has 0 aliphatic carbocycles. The van der Waals surface area contributed by atoms with E-state index in [1.807, 2.05) is 13.2 Å². The van der Waals surface area contributed by atoms with E-state index in [4.69, 9.17) is 4.98 Å².